The lowest BCUT2D eigenvalue weighted by Crippen LogP contribution is -2.33. The van der Waals surface area contributed by atoms with Crippen LogP contribution in [0.1, 0.15) is 31.7 Å². The minimum atomic E-state index is 0.657. The zero-order chi connectivity index (χ0) is 11.4. The predicted octanol–water partition coefficient (Wildman–Crippen LogP) is 2.80. The van der Waals surface area contributed by atoms with Crippen LogP contribution >= 0.6 is 0 Å². The molecule has 2 heteroatoms. The predicted molar refractivity (Wildman–Crippen MR) is 67.0 cm³/mol. The third-order valence-electron chi connectivity index (χ3n) is 3.45. The number of piperidine rings is 1. The molecule has 2 unspecified atom stereocenters. The van der Waals surface area contributed by atoms with Gasteiger partial charge in [0, 0.05) is 6.54 Å². The van der Waals surface area contributed by atoms with Crippen LogP contribution in [-0.2, 0) is 0 Å². The summed E-state index contributed by atoms with van der Waals surface area (Å²) < 4.78 is 5.46. The molecule has 0 radical (unpaired) electrons. The first-order valence-electron chi connectivity index (χ1n) is 6.24. The van der Waals surface area contributed by atoms with Gasteiger partial charge in [0.1, 0.15) is 5.75 Å². The first-order chi connectivity index (χ1) is 7.81. The monoisotopic (exact) mass is 219 g/mol. The van der Waals surface area contributed by atoms with Gasteiger partial charge in [0.2, 0.25) is 0 Å². The van der Waals surface area contributed by atoms with Crippen molar-refractivity contribution in [1.29, 1.82) is 0 Å². The van der Waals surface area contributed by atoms with Crippen LogP contribution in [0, 0.1) is 5.92 Å². The summed E-state index contributed by atoms with van der Waals surface area (Å²) in [7, 11) is 0. The average Bonchev–Trinajstić information content (AvgIpc) is 2.31. The normalized spacial score (nSPS) is 25.4. The van der Waals surface area contributed by atoms with Crippen molar-refractivity contribution in [3.8, 4) is 5.75 Å². The highest BCUT2D eigenvalue weighted by molar-refractivity contribution is 5.30. The van der Waals surface area contributed by atoms with Gasteiger partial charge in [-0.25, -0.2) is 0 Å². The first kappa shape index (κ1) is 11.5. The zero-order valence-corrected chi connectivity index (χ0v) is 10.2. The molecule has 0 aromatic heterocycles. The number of benzene rings is 1. The van der Waals surface area contributed by atoms with Crippen molar-refractivity contribution in [2.45, 2.75) is 26.2 Å². The van der Waals surface area contributed by atoms with Gasteiger partial charge in [-0.2, -0.15) is 0 Å². The summed E-state index contributed by atoms with van der Waals surface area (Å²) in [6.07, 6.45) is 1.28. The quantitative estimate of drug-likeness (QED) is 0.844. The number of rotatable bonds is 3. The summed E-state index contributed by atoms with van der Waals surface area (Å²) in [4.78, 5) is 0. The van der Waals surface area contributed by atoms with E-state index in [0.717, 1.165) is 31.4 Å². The van der Waals surface area contributed by atoms with E-state index in [4.69, 9.17) is 4.74 Å². The molecule has 1 fully saturated rings. The fourth-order valence-corrected chi connectivity index (χ4v) is 2.41. The Morgan fingerprint density at radius 1 is 1.31 bits per heavy atom. The van der Waals surface area contributed by atoms with E-state index in [0.29, 0.717) is 5.92 Å². The van der Waals surface area contributed by atoms with Gasteiger partial charge in [0.25, 0.3) is 0 Å². The molecular weight excluding hydrogens is 198 g/mol. The molecule has 0 aliphatic carbocycles. The smallest absolute Gasteiger partial charge is 0.119 e. The first-order valence-corrected chi connectivity index (χ1v) is 6.24. The average molecular weight is 219 g/mol. The van der Waals surface area contributed by atoms with Gasteiger partial charge in [-0.05, 0) is 49.4 Å². The van der Waals surface area contributed by atoms with Crippen molar-refractivity contribution in [1.82, 2.24) is 5.32 Å². The molecule has 2 atom stereocenters. The van der Waals surface area contributed by atoms with E-state index in [1.54, 1.807) is 0 Å². The number of hydrogen-bond acceptors (Lipinski definition) is 2. The summed E-state index contributed by atoms with van der Waals surface area (Å²) in [5, 5.41) is 3.47. The third-order valence-corrected chi connectivity index (χ3v) is 3.45. The van der Waals surface area contributed by atoms with Crippen LogP contribution in [0.25, 0.3) is 0 Å². The fraction of sp³-hybridized carbons (Fsp3) is 0.571. The molecule has 16 heavy (non-hydrogen) atoms. The molecule has 2 nitrogen and oxygen atoms in total. The largest absolute Gasteiger partial charge is 0.494 e. The van der Waals surface area contributed by atoms with Crippen LogP contribution in [0.5, 0.6) is 5.75 Å². The lowest BCUT2D eigenvalue weighted by Gasteiger charge is -2.30. The zero-order valence-electron chi connectivity index (χ0n) is 10.2. The van der Waals surface area contributed by atoms with Gasteiger partial charge in [0.05, 0.1) is 6.61 Å². The standard InChI is InChI=1S/C14H21NO/c1-3-16-13-6-4-12(5-7-13)14-10-15-9-8-11(14)2/h4-7,11,14-15H,3,8-10H2,1-2H3. The Morgan fingerprint density at radius 2 is 2.06 bits per heavy atom. The van der Waals surface area contributed by atoms with Gasteiger partial charge in [-0.1, -0.05) is 19.1 Å². The molecule has 0 saturated carbocycles. The van der Waals surface area contributed by atoms with Crippen molar-refractivity contribution < 1.29 is 4.74 Å². The second-order valence-electron chi connectivity index (χ2n) is 4.58. The number of nitrogens with one attached hydrogen (secondary N) is 1. The SMILES string of the molecule is CCOc1ccc(C2CNCCC2C)cc1. The van der Waals surface area contributed by atoms with Crippen LogP contribution in [0.4, 0.5) is 0 Å². The highest BCUT2D eigenvalue weighted by Crippen LogP contribution is 2.29. The molecule has 1 aromatic rings. The number of hydrogen-bond donors (Lipinski definition) is 1. The Kier molecular flexibility index (Phi) is 3.83. The van der Waals surface area contributed by atoms with Crippen molar-refractivity contribution in [3.63, 3.8) is 0 Å². The van der Waals surface area contributed by atoms with Crippen LogP contribution < -0.4 is 10.1 Å². The maximum absolute atomic E-state index is 5.46. The Bertz CT molecular complexity index is 320. The van der Waals surface area contributed by atoms with E-state index in [1.807, 2.05) is 6.92 Å². The lowest BCUT2D eigenvalue weighted by atomic mass is 9.83. The van der Waals surface area contributed by atoms with Crippen molar-refractivity contribution in [3.05, 3.63) is 29.8 Å². The van der Waals surface area contributed by atoms with Crippen molar-refractivity contribution in [2.24, 2.45) is 5.92 Å². The van der Waals surface area contributed by atoms with E-state index in [1.165, 1.54) is 12.0 Å². The molecule has 1 saturated heterocycles. The maximum atomic E-state index is 5.46. The van der Waals surface area contributed by atoms with Crippen molar-refractivity contribution >= 4 is 0 Å². The molecule has 0 spiro atoms. The van der Waals surface area contributed by atoms with Gasteiger partial charge in [-0.3, -0.25) is 0 Å². The molecule has 2 rings (SSSR count). The van der Waals surface area contributed by atoms with E-state index < -0.39 is 0 Å². The van der Waals surface area contributed by atoms with E-state index in [-0.39, 0.29) is 0 Å². The molecule has 1 aliphatic rings. The van der Waals surface area contributed by atoms with Crippen LogP contribution in [0.3, 0.4) is 0 Å². The summed E-state index contributed by atoms with van der Waals surface area (Å²) >= 11 is 0. The van der Waals surface area contributed by atoms with Crippen LogP contribution in [0.15, 0.2) is 24.3 Å². The van der Waals surface area contributed by atoms with E-state index in [9.17, 15) is 0 Å². The maximum Gasteiger partial charge on any atom is 0.119 e. The third kappa shape index (κ3) is 2.56. The molecule has 88 valence electrons. The molecule has 0 amide bonds. The molecule has 0 bridgehead atoms. The molecule has 1 aromatic carbocycles. The van der Waals surface area contributed by atoms with E-state index >= 15 is 0 Å². The lowest BCUT2D eigenvalue weighted by molar-refractivity contribution is 0.337. The van der Waals surface area contributed by atoms with E-state index in [2.05, 4.69) is 36.5 Å². The van der Waals surface area contributed by atoms with Gasteiger partial charge >= 0.3 is 0 Å². The Labute approximate surface area is 98.0 Å². The van der Waals surface area contributed by atoms with Crippen molar-refractivity contribution in [2.75, 3.05) is 19.7 Å². The highest BCUT2D eigenvalue weighted by Gasteiger charge is 2.22. The van der Waals surface area contributed by atoms with Gasteiger partial charge in [-0.15, -0.1) is 0 Å². The molecule has 1 heterocycles. The fourth-order valence-electron chi connectivity index (χ4n) is 2.41. The van der Waals surface area contributed by atoms with Gasteiger partial charge in [0.15, 0.2) is 0 Å². The van der Waals surface area contributed by atoms with Crippen LogP contribution in [0.2, 0.25) is 0 Å². The Morgan fingerprint density at radius 3 is 2.69 bits per heavy atom. The second kappa shape index (κ2) is 5.35. The highest BCUT2D eigenvalue weighted by atomic mass is 16.5. The summed E-state index contributed by atoms with van der Waals surface area (Å²) in [6.45, 7) is 7.37. The molecule has 1 N–H and O–H groups in total. The second-order valence-corrected chi connectivity index (χ2v) is 4.58. The topological polar surface area (TPSA) is 21.3 Å². The summed E-state index contributed by atoms with van der Waals surface area (Å²) in [6, 6.07) is 8.58. The Hall–Kier alpha value is -1.02. The Balaban J connectivity index is 2.08. The summed E-state index contributed by atoms with van der Waals surface area (Å²) in [5.74, 6) is 2.41. The molecular formula is C14H21NO. The summed E-state index contributed by atoms with van der Waals surface area (Å²) in [5.41, 5.74) is 1.43. The van der Waals surface area contributed by atoms with Gasteiger partial charge < -0.3 is 10.1 Å². The minimum absolute atomic E-state index is 0.657. The minimum Gasteiger partial charge on any atom is -0.494 e. The molecule has 1 aliphatic heterocycles. The van der Waals surface area contributed by atoms with Crippen LogP contribution in [-0.4, -0.2) is 19.7 Å². The number of ether oxygens (including phenoxy) is 1.